The molecular formula is C14H19N3. The second-order valence-electron chi connectivity index (χ2n) is 4.98. The van der Waals surface area contributed by atoms with Crippen molar-refractivity contribution >= 4 is 16.7 Å². The van der Waals surface area contributed by atoms with E-state index in [2.05, 4.69) is 34.8 Å². The van der Waals surface area contributed by atoms with Gasteiger partial charge in [0.25, 0.3) is 0 Å². The van der Waals surface area contributed by atoms with Gasteiger partial charge in [-0.15, -0.1) is 0 Å². The zero-order chi connectivity index (χ0) is 11.8. The smallest absolute Gasteiger partial charge is 0.152 e. The molecule has 2 aromatic rings. The fraction of sp³-hybridized carbons (Fsp3) is 0.500. The summed E-state index contributed by atoms with van der Waals surface area (Å²) in [7, 11) is 0. The summed E-state index contributed by atoms with van der Waals surface area (Å²) in [4.78, 5) is 10.5. The van der Waals surface area contributed by atoms with Crippen molar-refractivity contribution in [2.75, 3.05) is 18.0 Å². The van der Waals surface area contributed by atoms with Crippen LogP contribution in [0.2, 0.25) is 0 Å². The molecule has 1 fully saturated rings. The van der Waals surface area contributed by atoms with Gasteiger partial charge in [-0.1, -0.05) is 0 Å². The number of hydrogen-bond donors (Lipinski definition) is 1. The molecule has 0 spiro atoms. The Morgan fingerprint density at radius 1 is 1.18 bits per heavy atom. The van der Waals surface area contributed by atoms with Crippen molar-refractivity contribution in [3.8, 4) is 0 Å². The summed E-state index contributed by atoms with van der Waals surface area (Å²) < 4.78 is 0. The first-order valence-electron chi connectivity index (χ1n) is 6.46. The second kappa shape index (κ2) is 4.06. The number of fused-ring (bicyclic) bond motifs is 1. The Morgan fingerprint density at radius 2 is 1.94 bits per heavy atom. The Balaban J connectivity index is 2.12. The topological polar surface area (TPSA) is 31.9 Å². The van der Waals surface area contributed by atoms with Crippen LogP contribution >= 0.6 is 0 Å². The predicted molar refractivity (Wildman–Crippen MR) is 71.6 cm³/mol. The Labute approximate surface area is 102 Å². The Morgan fingerprint density at radius 3 is 2.71 bits per heavy atom. The maximum atomic E-state index is 4.58. The Kier molecular flexibility index (Phi) is 2.54. The molecule has 1 aliphatic heterocycles. The Bertz CT molecular complexity index is 536. The third-order valence-electron chi connectivity index (χ3n) is 3.87. The normalized spacial score (nSPS) is 16.7. The van der Waals surface area contributed by atoms with Crippen LogP contribution in [0.3, 0.4) is 0 Å². The van der Waals surface area contributed by atoms with Crippen LogP contribution in [-0.2, 0) is 0 Å². The maximum Gasteiger partial charge on any atom is 0.152 e. The number of pyridine rings is 1. The van der Waals surface area contributed by atoms with Crippen molar-refractivity contribution in [1.29, 1.82) is 0 Å². The molecule has 90 valence electrons. The molecular weight excluding hydrogens is 210 g/mol. The number of nitrogens with one attached hydrogen (secondary N) is 1. The molecule has 1 saturated heterocycles. The lowest BCUT2D eigenvalue weighted by Gasteiger charge is -2.28. The van der Waals surface area contributed by atoms with E-state index in [0.717, 1.165) is 18.9 Å². The van der Waals surface area contributed by atoms with Crippen LogP contribution < -0.4 is 4.90 Å². The molecule has 0 amide bonds. The molecule has 0 saturated carbocycles. The van der Waals surface area contributed by atoms with E-state index in [4.69, 9.17) is 0 Å². The average Bonchev–Trinajstić information content (AvgIpc) is 2.67. The highest BCUT2D eigenvalue weighted by Crippen LogP contribution is 2.29. The molecule has 3 heterocycles. The van der Waals surface area contributed by atoms with Crippen LogP contribution in [0.1, 0.15) is 30.5 Å². The van der Waals surface area contributed by atoms with Gasteiger partial charge < -0.3 is 9.88 Å². The molecule has 3 heteroatoms. The molecule has 1 aliphatic rings. The summed E-state index contributed by atoms with van der Waals surface area (Å²) >= 11 is 0. The van der Waals surface area contributed by atoms with E-state index >= 15 is 0 Å². The summed E-state index contributed by atoms with van der Waals surface area (Å²) in [5.41, 5.74) is 3.82. The van der Waals surface area contributed by atoms with Gasteiger partial charge >= 0.3 is 0 Å². The third-order valence-corrected chi connectivity index (χ3v) is 3.87. The van der Waals surface area contributed by atoms with Gasteiger partial charge in [-0.05, 0) is 44.7 Å². The minimum Gasteiger partial charge on any atom is -0.355 e. The average molecular weight is 229 g/mol. The maximum absolute atomic E-state index is 4.58. The SMILES string of the molecule is Cc1[nH]c2c(N3CCCCC3)nccc2c1C. The van der Waals surface area contributed by atoms with Crippen LogP contribution in [0, 0.1) is 13.8 Å². The molecule has 3 nitrogen and oxygen atoms in total. The van der Waals surface area contributed by atoms with Gasteiger partial charge in [0, 0.05) is 30.4 Å². The van der Waals surface area contributed by atoms with Crippen LogP contribution in [-0.4, -0.2) is 23.1 Å². The predicted octanol–water partition coefficient (Wildman–Crippen LogP) is 3.17. The second-order valence-corrected chi connectivity index (χ2v) is 4.98. The minimum absolute atomic E-state index is 1.14. The molecule has 2 aromatic heterocycles. The van der Waals surface area contributed by atoms with Crippen molar-refractivity contribution in [2.24, 2.45) is 0 Å². The first-order valence-corrected chi connectivity index (χ1v) is 6.46. The highest BCUT2D eigenvalue weighted by molar-refractivity contribution is 5.92. The van der Waals surface area contributed by atoms with E-state index in [9.17, 15) is 0 Å². The molecule has 1 N–H and O–H groups in total. The highest BCUT2D eigenvalue weighted by Gasteiger charge is 2.16. The standard InChI is InChI=1S/C14H19N3/c1-10-11(2)16-13-12(10)6-7-15-14(13)17-8-4-3-5-9-17/h6-7,16H,3-5,8-9H2,1-2H3. The van der Waals surface area contributed by atoms with Crippen LogP contribution in [0.5, 0.6) is 0 Å². The van der Waals surface area contributed by atoms with E-state index in [0.29, 0.717) is 0 Å². The van der Waals surface area contributed by atoms with Gasteiger partial charge in [-0.2, -0.15) is 0 Å². The number of piperidine rings is 1. The first-order chi connectivity index (χ1) is 8.27. The van der Waals surface area contributed by atoms with Crippen LogP contribution in [0.15, 0.2) is 12.3 Å². The first kappa shape index (κ1) is 10.6. The largest absolute Gasteiger partial charge is 0.355 e. The van der Waals surface area contributed by atoms with Crippen molar-refractivity contribution < 1.29 is 0 Å². The molecule has 0 unspecified atom stereocenters. The van der Waals surface area contributed by atoms with E-state index < -0.39 is 0 Å². The Hall–Kier alpha value is -1.51. The van der Waals surface area contributed by atoms with E-state index in [1.54, 1.807) is 0 Å². The fourth-order valence-corrected chi connectivity index (χ4v) is 2.72. The van der Waals surface area contributed by atoms with Crippen LogP contribution in [0.25, 0.3) is 10.9 Å². The zero-order valence-electron chi connectivity index (χ0n) is 10.6. The number of H-pyrrole nitrogens is 1. The molecule has 0 bridgehead atoms. The molecule has 0 aromatic carbocycles. The third kappa shape index (κ3) is 1.70. The molecule has 0 radical (unpaired) electrons. The van der Waals surface area contributed by atoms with Crippen molar-refractivity contribution in [2.45, 2.75) is 33.1 Å². The van der Waals surface area contributed by atoms with Crippen LogP contribution in [0.4, 0.5) is 5.82 Å². The lowest BCUT2D eigenvalue weighted by atomic mass is 10.1. The van der Waals surface area contributed by atoms with Gasteiger partial charge in [-0.3, -0.25) is 0 Å². The summed E-state index contributed by atoms with van der Waals surface area (Å²) in [5, 5.41) is 1.32. The molecule has 3 rings (SSSR count). The number of rotatable bonds is 1. The fourth-order valence-electron chi connectivity index (χ4n) is 2.72. The van der Waals surface area contributed by atoms with Gasteiger partial charge in [0.2, 0.25) is 0 Å². The van der Waals surface area contributed by atoms with Crippen molar-refractivity contribution in [3.63, 3.8) is 0 Å². The van der Waals surface area contributed by atoms with E-state index in [-0.39, 0.29) is 0 Å². The van der Waals surface area contributed by atoms with E-state index in [1.807, 2.05) is 6.20 Å². The van der Waals surface area contributed by atoms with Gasteiger partial charge in [0.1, 0.15) is 0 Å². The zero-order valence-corrected chi connectivity index (χ0v) is 10.6. The minimum atomic E-state index is 1.14. The van der Waals surface area contributed by atoms with Gasteiger partial charge in [0.05, 0.1) is 5.52 Å². The van der Waals surface area contributed by atoms with Gasteiger partial charge in [0.15, 0.2) is 5.82 Å². The lowest BCUT2D eigenvalue weighted by molar-refractivity contribution is 0.574. The highest BCUT2D eigenvalue weighted by atomic mass is 15.2. The lowest BCUT2D eigenvalue weighted by Crippen LogP contribution is -2.30. The number of anilines is 1. The number of aryl methyl sites for hydroxylation is 2. The monoisotopic (exact) mass is 229 g/mol. The quantitative estimate of drug-likeness (QED) is 0.814. The summed E-state index contributed by atoms with van der Waals surface area (Å²) in [6.07, 6.45) is 5.87. The number of nitrogens with zero attached hydrogens (tertiary/aromatic N) is 2. The van der Waals surface area contributed by atoms with Gasteiger partial charge in [-0.25, -0.2) is 4.98 Å². The summed E-state index contributed by atoms with van der Waals surface area (Å²) in [5.74, 6) is 1.14. The number of aromatic nitrogens is 2. The molecule has 0 atom stereocenters. The number of hydrogen-bond acceptors (Lipinski definition) is 2. The summed E-state index contributed by atoms with van der Waals surface area (Å²) in [6, 6.07) is 2.11. The molecule has 0 aliphatic carbocycles. The number of aromatic amines is 1. The van der Waals surface area contributed by atoms with E-state index in [1.165, 1.54) is 41.4 Å². The van der Waals surface area contributed by atoms with Crippen molar-refractivity contribution in [1.82, 2.24) is 9.97 Å². The van der Waals surface area contributed by atoms with Crippen molar-refractivity contribution in [3.05, 3.63) is 23.5 Å². The summed E-state index contributed by atoms with van der Waals surface area (Å²) in [6.45, 7) is 6.59. The molecule has 17 heavy (non-hydrogen) atoms.